The number of benzene rings is 3. The standard InChI is InChI=1S/C40H39N7O5/c1-47(22-28-8-11-31(49-3)17-36(28)51-5)37-13-9-26-6-12-32(15-34(26)46-37)52-23-25-14-29(19-41-18-25)33-21-42-39-38(33)44-24-45-40(39)43-20-27-7-10-30(48-2)16-35(27)50-4/h6-19,21,24,42H,20,22-23H2,1-5H3,(H,43,44,45). The van der Waals surface area contributed by atoms with Crippen LogP contribution in [-0.2, 0) is 19.7 Å². The molecule has 7 rings (SSSR count). The highest BCUT2D eigenvalue weighted by Gasteiger charge is 2.15. The Morgan fingerprint density at radius 1 is 0.750 bits per heavy atom. The third-order valence-electron chi connectivity index (χ3n) is 8.86. The van der Waals surface area contributed by atoms with E-state index in [2.05, 4.69) is 42.3 Å². The van der Waals surface area contributed by atoms with Crippen molar-refractivity contribution in [3.05, 3.63) is 114 Å². The van der Waals surface area contributed by atoms with Crippen LogP contribution in [0.15, 0.2) is 97.7 Å². The van der Waals surface area contributed by atoms with Crippen LogP contribution in [0.4, 0.5) is 11.6 Å². The maximum Gasteiger partial charge on any atom is 0.154 e. The van der Waals surface area contributed by atoms with Crippen molar-refractivity contribution >= 4 is 33.6 Å². The highest BCUT2D eigenvalue weighted by Crippen LogP contribution is 2.32. The molecule has 0 fully saturated rings. The lowest BCUT2D eigenvalue weighted by Crippen LogP contribution is -2.18. The van der Waals surface area contributed by atoms with Gasteiger partial charge in [0.15, 0.2) is 5.82 Å². The molecule has 3 aromatic carbocycles. The Bertz CT molecular complexity index is 2340. The predicted octanol–water partition coefficient (Wildman–Crippen LogP) is 7.43. The summed E-state index contributed by atoms with van der Waals surface area (Å²) in [5.41, 5.74) is 7.16. The van der Waals surface area contributed by atoms with Crippen LogP contribution in [0, 0.1) is 0 Å². The largest absolute Gasteiger partial charge is 0.497 e. The summed E-state index contributed by atoms with van der Waals surface area (Å²) >= 11 is 0. The van der Waals surface area contributed by atoms with E-state index in [4.69, 9.17) is 28.7 Å². The van der Waals surface area contributed by atoms with E-state index in [1.165, 1.54) is 0 Å². The summed E-state index contributed by atoms with van der Waals surface area (Å²) in [5, 5.41) is 4.44. The van der Waals surface area contributed by atoms with Gasteiger partial charge < -0.3 is 38.9 Å². The van der Waals surface area contributed by atoms with Crippen molar-refractivity contribution in [3.63, 3.8) is 0 Å². The van der Waals surface area contributed by atoms with Crippen molar-refractivity contribution in [2.45, 2.75) is 19.7 Å². The van der Waals surface area contributed by atoms with Crippen molar-refractivity contribution in [1.29, 1.82) is 0 Å². The first-order valence-corrected chi connectivity index (χ1v) is 16.6. The molecule has 0 unspecified atom stereocenters. The quantitative estimate of drug-likeness (QED) is 0.118. The summed E-state index contributed by atoms with van der Waals surface area (Å²) in [5.74, 6) is 5.21. The van der Waals surface area contributed by atoms with E-state index in [1.54, 1.807) is 34.8 Å². The molecule has 12 nitrogen and oxygen atoms in total. The van der Waals surface area contributed by atoms with Crippen molar-refractivity contribution < 1.29 is 23.7 Å². The van der Waals surface area contributed by atoms with Crippen LogP contribution in [0.1, 0.15) is 16.7 Å². The number of hydrogen-bond donors (Lipinski definition) is 2. The second kappa shape index (κ2) is 15.1. The smallest absolute Gasteiger partial charge is 0.154 e. The second-order valence-electron chi connectivity index (χ2n) is 12.1. The zero-order valence-electron chi connectivity index (χ0n) is 29.6. The molecule has 0 spiro atoms. The van der Waals surface area contributed by atoms with Gasteiger partial charge in [-0.2, -0.15) is 0 Å². The number of pyridine rings is 2. The highest BCUT2D eigenvalue weighted by molar-refractivity contribution is 5.97. The van der Waals surface area contributed by atoms with Gasteiger partial charge in [-0.05, 0) is 54.6 Å². The van der Waals surface area contributed by atoms with Gasteiger partial charge in [0.05, 0.1) is 34.0 Å². The topological polar surface area (TPSA) is 129 Å². The predicted molar refractivity (Wildman–Crippen MR) is 202 cm³/mol. The fourth-order valence-corrected chi connectivity index (χ4v) is 6.06. The van der Waals surface area contributed by atoms with Gasteiger partial charge in [0.2, 0.25) is 0 Å². The third-order valence-corrected chi connectivity index (χ3v) is 8.86. The number of aromatic nitrogens is 5. The number of nitrogens with one attached hydrogen (secondary N) is 2. The molecule has 4 heterocycles. The highest BCUT2D eigenvalue weighted by atomic mass is 16.5. The van der Waals surface area contributed by atoms with Gasteiger partial charge in [0.1, 0.15) is 58.5 Å². The second-order valence-corrected chi connectivity index (χ2v) is 12.1. The molecule has 0 atom stereocenters. The minimum absolute atomic E-state index is 0.330. The molecule has 0 amide bonds. The summed E-state index contributed by atoms with van der Waals surface area (Å²) in [4.78, 5) is 24.0. The Kier molecular flexibility index (Phi) is 9.87. The van der Waals surface area contributed by atoms with Crippen LogP contribution >= 0.6 is 0 Å². The fourth-order valence-electron chi connectivity index (χ4n) is 6.06. The van der Waals surface area contributed by atoms with E-state index in [1.807, 2.05) is 86.3 Å². The van der Waals surface area contributed by atoms with Crippen LogP contribution < -0.4 is 33.9 Å². The fraction of sp³-hybridized carbons (Fsp3) is 0.200. The average Bonchev–Trinajstić information content (AvgIpc) is 3.64. The number of ether oxygens (including phenoxy) is 5. The minimum atomic E-state index is 0.330. The summed E-state index contributed by atoms with van der Waals surface area (Å²) in [7, 11) is 8.59. The number of nitrogens with zero attached hydrogens (tertiary/aromatic N) is 5. The first-order chi connectivity index (χ1) is 25.5. The Hall–Kier alpha value is -6.56. The van der Waals surface area contributed by atoms with Crippen molar-refractivity contribution in [2.75, 3.05) is 45.7 Å². The number of aromatic amines is 1. The molecule has 0 aliphatic rings. The van der Waals surface area contributed by atoms with Gasteiger partial charge in [0.25, 0.3) is 0 Å². The molecule has 0 aliphatic heterocycles. The molecule has 52 heavy (non-hydrogen) atoms. The van der Waals surface area contributed by atoms with Crippen molar-refractivity contribution in [2.24, 2.45) is 0 Å². The number of fused-ring (bicyclic) bond motifs is 2. The maximum atomic E-state index is 6.25. The lowest BCUT2D eigenvalue weighted by Gasteiger charge is -2.20. The Morgan fingerprint density at radius 3 is 2.25 bits per heavy atom. The Balaban J connectivity index is 1.04. The summed E-state index contributed by atoms with van der Waals surface area (Å²) in [6, 6.07) is 23.6. The lowest BCUT2D eigenvalue weighted by molar-refractivity contribution is 0.306. The Labute approximate surface area is 301 Å². The van der Waals surface area contributed by atoms with E-state index >= 15 is 0 Å². The van der Waals surface area contributed by atoms with Gasteiger partial charge in [-0.3, -0.25) is 4.98 Å². The monoisotopic (exact) mass is 697 g/mol. The minimum Gasteiger partial charge on any atom is -0.497 e. The molecule has 2 N–H and O–H groups in total. The first kappa shape index (κ1) is 33.9. The molecule has 12 heteroatoms. The van der Waals surface area contributed by atoms with E-state index in [0.29, 0.717) is 31.3 Å². The summed E-state index contributed by atoms with van der Waals surface area (Å²) in [6.07, 6.45) is 7.11. The molecule has 7 aromatic rings. The van der Waals surface area contributed by atoms with E-state index in [9.17, 15) is 0 Å². The molecule has 4 aromatic heterocycles. The zero-order valence-corrected chi connectivity index (χ0v) is 29.6. The average molecular weight is 698 g/mol. The van der Waals surface area contributed by atoms with E-state index < -0.39 is 0 Å². The third kappa shape index (κ3) is 7.17. The van der Waals surface area contributed by atoms with Crippen LogP contribution in [0.3, 0.4) is 0 Å². The van der Waals surface area contributed by atoms with Crippen LogP contribution in [0.2, 0.25) is 0 Å². The molecule has 0 bridgehead atoms. The molecule has 0 radical (unpaired) electrons. The number of H-pyrrole nitrogens is 1. The van der Waals surface area contributed by atoms with Crippen LogP contribution in [-0.4, -0.2) is 60.4 Å². The molecule has 0 aliphatic carbocycles. The normalized spacial score (nSPS) is 11.0. The van der Waals surface area contributed by atoms with Gasteiger partial charge in [-0.1, -0.05) is 0 Å². The summed E-state index contributed by atoms with van der Waals surface area (Å²) in [6.45, 7) is 1.45. The van der Waals surface area contributed by atoms with Gasteiger partial charge >= 0.3 is 0 Å². The van der Waals surface area contributed by atoms with E-state index in [0.717, 1.165) is 78.6 Å². The lowest BCUT2D eigenvalue weighted by atomic mass is 10.1. The number of hydrogen-bond acceptors (Lipinski definition) is 11. The Morgan fingerprint density at radius 2 is 1.48 bits per heavy atom. The molecular formula is C40H39N7O5. The SMILES string of the molecule is COc1ccc(CNc2ncnc3c(-c4cncc(COc5ccc6ccc(N(C)Cc7ccc(OC)cc7OC)nc6c5)c4)c[nH]c23)c(OC)c1. The maximum absolute atomic E-state index is 6.25. The molecule has 0 saturated heterocycles. The van der Waals surface area contributed by atoms with Gasteiger partial charge in [-0.25, -0.2) is 15.0 Å². The van der Waals surface area contributed by atoms with Crippen molar-refractivity contribution in [1.82, 2.24) is 24.9 Å². The molecule has 264 valence electrons. The van der Waals surface area contributed by atoms with Crippen LogP contribution in [0.25, 0.3) is 33.1 Å². The number of rotatable bonds is 14. The molecular weight excluding hydrogens is 658 g/mol. The zero-order chi connectivity index (χ0) is 36.0. The summed E-state index contributed by atoms with van der Waals surface area (Å²) < 4.78 is 28.1. The number of anilines is 2. The van der Waals surface area contributed by atoms with Gasteiger partial charge in [-0.15, -0.1) is 0 Å². The molecule has 0 saturated carbocycles. The van der Waals surface area contributed by atoms with E-state index in [-0.39, 0.29) is 0 Å². The van der Waals surface area contributed by atoms with Gasteiger partial charge in [0, 0.05) is 90.1 Å². The first-order valence-electron chi connectivity index (χ1n) is 16.6. The van der Waals surface area contributed by atoms with Crippen LogP contribution in [0.5, 0.6) is 28.7 Å². The number of methoxy groups -OCH3 is 4. The van der Waals surface area contributed by atoms with Crippen molar-refractivity contribution in [3.8, 4) is 39.9 Å².